The number of halogens is 3. The third-order valence-electron chi connectivity index (χ3n) is 3.27. The molecule has 0 saturated carbocycles. The van der Waals surface area contributed by atoms with Crippen LogP contribution in [0.1, 0.15) is 39.2 Å². The van der Waals surface area contributed by atoms with Crippen LogP contribution >= 0.6 is 0 Å². The molecule has 6 heteroatoms. The van der Waals surface area contributed by atoms with Gasteiger partial charge in [0.2, 0.25) is 5.91 Å². The second kappa shape index (κ2) is 5.24. The molecule has 1 atom stereocenters. The number of hydrogen-bond acceptors (Lipinski definition) is 2. The van der Waals surface area contributed by atoms with Crippen molar-refractivity contribution in [2.24, 2.45) is 5.41 Å². The van der Waals surface area contributed by atoms with Crippen molar-refractivity contribution in [3.05, 3.63) is 23.8 Å². The molecule has 0 aromatic heterocycles. The molecular formula is C15H19F3N2O. The summed E-state index contributed by atoms with van der Waals surface area (Å²) in [7, 11) is 0. The number of anilines is 2. The Hall–Kier alpha value is -1.72. The molecule has 2 rings (SSSR count). The molecule has 1 aliphatic heterocycles. The van der Waals surface area contributed by atoms with Gasteiger partial charge in [-0.05, 0) is 30.0 Å². The first-order valence-corrected chi connectivity index (χ1v) is 6.82. The molecule has 116 valence electrons. The molecule has 1 amide bonds. The number of benzene rings is 1. The highest BCUT2D eigenvalue weighted by atomic mass is 19.4. The number of carbonyl (C=O) groups is 1. The largest absolute Gasteiger partial charge is 0.416 e. The summed E-state index contributed by atoms with van der Waals surface area (Å²) >= 11 is 0. The van der Waals surface area contributed by atoms with E-state index in [1.807, 2.05) is 0 Å². The van der Waals surface area contributed by atoms with E-state index in [1.165, 1.54) is 6.07 Å². The Morgan fingerprint density at radius 2 is 1.86 bits per heavy atom. The van der Waals surface area contributed by atoms with Crippen LogP contribution in [0.3, 0.4) is 0 Å². The molecule has 1 unspecified atom stereocenters. The maximum Gasteiger partial charge on any atom is 0.416 e. The molecule has 1 heterocycles. The summed E-state index contributed by atoms with van der Waals surface area (Å²) in [5, 5.41) is 5.72. The zero-order valence-corrected chi connectivity index (χ0v) is 12.3. The molecule has 0 saturated heterocycles. The van der Waals surface area contributed by atoms with E-state index in [-0.39, 0.29) is 29.5 Å². The molecule has 1 aliphatic rings. The standard InChI is InChI=1S/C15H19F3N2O/c1-14(2,3)8-10-7-13(21)20-12-6-9(15(16,17)18)4-5-11(12)19-10/h4-6,10,19H,7-8H2,1-3H3,(H,20,21). The predicted octanol–water partition coefficient (Wildman–Crippen LogP) is 4.26. The van der Waals surface area contributed by atoms with Gasteiger partial charge in [-0.2, -0.15) is 13.2 Å². The highest BCUT2D eigenvalue weighted by molar-refractivity contribution is 5.96. The summed E-state index contributed by atoms with van der Waals surface area (Å²) in [6.07, 6.45) is -3.43. The second-order valence-corrected chi connectivity index (χ2v) is 6.62. The van der Waals surface area contributed by atoms with E-state index in [0.717, 1.165) is 18.6 Å². The molecule has 0 radical (unpaired) electrons. The van der Waals surface area contributed by atoms with Crippen LogP contribution in [-0.4, -0.2) is 11.9 Å². The van der Waals surface area contributed by atoms with E-state index >= 15 is 0 Å². The topological polar surface area (TPSA) is 41.1 Å². The lowest BCUT2D eigenvalue weighted by molar-refractivity contribution is -0.137. The summed E-state index contributed by atoms with van der Waals surface area (Å²) in [5.41, 5.74) is -0.0269. The highest BCUT2D eigenvalue weighted by Gasteiger charge is 2.32. The van der Waals surface area contributed by atoms with Crippen LogP contribution in [-0.2, 0) is 11.0 Å². The Balaban J connectivity index is 2.30. The van der Waals surface area contributed by atoms with Crippen molar-refractivity contribution < 1.29 is 18.0 Å². The van der Waals surface area contributed by atoms with Crippen molar-refractivity contribution in [1.82, 2.24) is 0 Å². The summed E-state index contributed by atoms with van der Waals surface area (Å²) in [5.74, 6) is -0.269. The van der Waals surface area contributed by atoms with Crippen LogP contribution in [0, 0.1) is 5.41 Å². The van der Waals surface area contributed by atoms with Crippen molar-refractivity contribution in [2.45, 2.75) is 45.8 Å². The van der Waals surface area contributed by atoms with Gasteiger partial charge >= 0.3 is 6.18 Å². The third-order valence-corrected chi connectivity index (χ3v) is 3.27. The van der Waals surface area contributed by atoms with Gasteiger partial charge in [0.15, 0.2) is 0 Å². The quantitative estimate of drug-likeness (QED) is 0.813. The molecule has 1 aromatic carbocycles. The fourth-order valence-electron chi connectivity index (χ4n) is 2.51. The number of nitrogens with one attached hydrogen (secondary N) is 2. The molecule has 0 spiro atoms. The zero-order chi connectivity index (χ0) is 15.8. The first-order chi connectivity index (χ1) is 9.54. The minimum Gasteiger partial charge on any atom is -0.380 e. The molecule has 0 aliphatic carbocycles. The van der Waals surface area contributed by atoms with E-state index in [1.54, 1.807) is 0 Å². The summed E-state index contributed by atoms with van der Waals surface area (Å²) in [6.45, 7) is 6.18. The number of carbonyl (C=O) groups excluding carboxylic acids is 1. The summed E-state index contributed by atoms with van der Waals surface area (Å²) in [4.78, 5) is 11.9. The number of amides is 1. The van der Waals surface area contributed by atoms with Gasteiger partial charge in [-0.15, -0.1) is 0 Å². The van der Waals surface area contributed by atoms with E-state index in [4.69, 9.17) is 0 Å². The smallest absolute Gasteiger partial charge is 0.380 e. The lowest BCUT2D eigenvalue weighted by Gasteiger charge is -2.26. The molecule has 1 aromatic rings. The molecule has 0 fully saturated rings. The van der Waals surface area contributed by atoms with Gasteiger partial charge < -0.3 is 10.6 Å². The van der Waals surface area contributed by atoms with Gasteiger partial charge in [0.05, 0.1) is 16.9 Å². The van der Waals surface area contributed by atoms with Crippen LogP contribution in [0.5, 0.6) is 0 Å². The molecule has 2 N–H and O–H groups in total. The van der Waals surface area contributed by atoms with Crippen LogP contribution in [0.2, 0.25) is 0 Å². The van der Waals surface area contributed by atoms with Crippen molar-refractivity contribution in [2.75, 3.05) is 10.6 Å². The van der Waals surface area contributed by atoms with Crippen molar-refractivity contribution in [3.8, 4) is 0 Å². The van der Waals surface area contributed by atoms with E-state index in [2.05, 4.69) is 31.4 Å². The van der Waals surface area contributed by atoms with Gasteiger partial charge in [-0.1, -0.05) is 20.8 Å². The lowest BCUT2D eigenvalue weighted by atomic mass is 9.87. The SMILES string of the molecule is CC(C)(C)CC1CC(=O)Nc2cc(C(F)(F)F)ccc2N1. The van der Waals surface area contributed by atoms with E-state index < -0.39 is 11.7 Å². The van der Waals surface area contributed by atoms with E-state index in [9.17, 15) is 18.0 Å². The van der Waals surface area contributed by atoms with Crippen LogP contribution in [0.4, 0.5) is 24.5 Å². The monoisotopic (exact) mass is 300 g/mol. The highest BCUT2D eigenvalue weighted by Crippen LogP contribution is 2.36. The van der Waals surface area contributed by atoms with Gasteiger partial charge in [-0.25, -0.2) is 0 Å². The minimum absolute atomic E-state index is 0.0222. The first kappa shape index (κ1) is 15.7. The van der Waals surface area contributed by atoms with Crippen molar-refractivity contribution in [1.29, 1.82) is 0 Å². The normalized spacial score (nSPS) is 19.3. The van der Waals surface area contributed by atoms with Gasteiger partial charge in [0.25, 0.3) is 0 Å². The van der Waals surface area contributed by atoms with E-state index in [0.29, 0.717) is 5.69 Å². The van der Waals surface area contributed by atoms with Crippen molar-refractivity contribution in [3.63, 3.8) is 0 Å². The van der Waals surface area contributed by atoms with Gasteiger partial charge in [0.1, 0.15) is 0 Å². The van der Waals surface area contributed by atoms with Crippen LogP contribution < -0.4 is 10.6 Å². The van der Waals surface area contributed by atoms with Gasteiger partial charge in [-0.3, -0.25) is 4.79 Å². The van der Waals surface area contributed by atoms with Crippen LogP contribution in [0.15, 0.2) is 18.2 Å². The fraction of sp³-hybridized carbons (Fsp3) is 0.533. The minimum atomic E-state index is -4.42. The Kier molecular flexibility index (Phi) is 3.91. The fourth-order valence-corrected chi connectivity index (χ4v) is 2.51. The Bertz CT molecular complexity index is 547. The number of hydrogen-bond donors (Lipinski definition) is 2. The molecule has 21 heavy (non-hydrogen) atoms. The van der Waals surface area contributed by atoms with Gasteiger partial charge in [0, 0.05) is 12.5 Å². The van der Waals surface area contributed by atoms with Crippen LogP contribution in [0.25, 0.3) is 0 Å². The third kappa shape index (κ3) is 4.12. The number of fused-ring (bicyclic) bond motifs is 1. The predicted molar refractivity (Wildman–Crippen MR) is 76.2 cm³/mol. The second-order valence-electron chi connectivity index (χ2n) is 6.62. The Morgan fingerprint density at radius 3 is 2.43 bits per heavy atom. The van der Waals surface area contributed by atoms with Crippen molar-refractivity contribution >= 4 is 17.3 Å². The first-order valence-electron chi connectivity index (χ1n) is 6.82. The maximum absolute atomic E-state index is 12.7. The molecule has 3 nitrogen and oxygen atoms in total. The Labute approximate surface area is 121 Å². The Morgan fingerprint density at radius 1 is 1.19 bits per heavy atom. The number of alkyl halides is 3. The average Bonchev–Trinajstić information content (AvgIpc) is 2.41. The number of rotatable bonds is 1. The molecule has 0 bridgehead atoms. The average molecular weight is 300 g/mol. The maximum atomic E-state index is 12.7. The summed E-state index contributed by atoms with van der Waals surface area (Å²) in [6, 6.07) is 3.28. The zero-order valence-electron chi connectivity index (χ0n) is 12.3. The molecular weight excluding hydrogens is 281 g/mol. The summed E-state index contributed by atoms with van der Waals surface area (Å²) < 4.78 is 38.2. The lowest BCUT2D eigenvalue weighted by Crippen LogP contribution is -2.27.